The van der Waals surface area contributed by atoms with Crippen molar-refractivity contribution in [3.63, 3.8) is 0 Å². The number of carbonyl (C=O) groups is 2. The second-order valence-corrected chi connectivity index (χ2v) is 7.61. The van der Waals surface area contributed by atoms with Gasteiger partial charge in [0.05, 0.1) is 5.92 Å². The fraction of sp³-hybridized carbons (Fsp3) is 0.619. The van der Waals surface area contributed by atoms with Crippen LogP contribution < -0.4 is 5.73 Å². The summed E-state index contributed by atoms with van der Waals surface area (Å²) in [4.78, 5) is 31.5. The molecule has 2 fully saturated rings. The van der Waals surface area contributed by atoms with Gasteiger partial charge in [0, 0.05) is 45.8 Å². The molecule has 0 aliphatic carbocycles. The van der Waals surface area contributed by atoms with Gasteiger partial charge < -0.3 is 20.4 Å². The van der Waals surface area contributed by atoms with Gasteiger partial charge in [-0.2, -0.15) is 0 Å². The third-order valence-electron chi connectivity index (χ3n) is 5.64. The molecular formula is C21H33ClN4O2. The largest absolute Gasteiger partial charge is 0.341 e. The van der Waals surface area contributed by atoms with E-state index in [2.05, 4.69) is 12.1 Å². The van der Waals surface area contributed by atoms with Gasteiger partial charge in [0.25, 0.3) is 0 Å². The highest BCUT2D eigenvalue weighted by molar-refractivity contribution is 5.85. The zero-order valence-electron chi connectivity index (χ0n) is 16.6. The molecule has 1 unspecified atom stereocenters. The van der Waals surface area contributed by atoms with E-state index in [1.165, 1.54) is 5.56 Å². The highest BCUT2D eigenvalue weighted by atomic mass is 35.5. The van der Waals surface area contributed by atoms with E-state index in [0.29, 0.717) is 26.2 Å². The maximum absolute atomic E-state index is 13.1. The van der Waals surface area contributed by atoms with Crippen LogP contribution in [0.2, 0.25) is 0 Å². The fourth-order valence-corrected chi connectivity index (χ4v) is 4.12. The molecule has 2 N–H and O–H groups in total. The van der Waals surface area contributed by atoms with E-state index in [-0.39, 0.29) is 30.3 Å². The van der Waals surface area contributed by atoms with E-state index in [0.717, 1.165) is 51.7 Å². The summed E-state index contributed by atoms with van der Waals surface area (Å²) in [5, 5.41) is 0. The molecule has 2 heterocycles. The van der Waals surface area contributed by atoms with Crippen molar-refractivity contribution < 1.29 is 9.59 Å². The zero-order valence-corrected chi connectivity index (χ0v) is 17.4. The first-order chi connectivity index (χ1) is 13.2. The minimum Gasteiger partial charge on any atom is -0.341 e. The Hall–Kier alpha value is -1.79. The summed E-state index contributed by atoms with van der Waals surface area (Å²) in [6.07, 6.45) is 4.76. The number of benzene rings is 1. The summed E-state index contributed by atoms with van der Waals surface area (Å²) in [5.74, 6) is 0.0444. The van der Waals surface area contributed by atoms with Crippen LogP contribution in [0, 0.1) is 5.92 Å². The number of hydrogen-bond donors (Lipinski definition) is 1. The van der Waals surface area contributed by atoms with Gasteiger partial charge in [-0.05, 0) is 37.7 Å². The molecule has 0 bridgehead atoms. The maximum atomic E-state index is 13.1. The van der Waals surface area contributed by atoms with Crippen molar-refractivity contribution in [1.82, 2.24) is 14.7 Å². The number of amides is 3. The second-order valence-electron chi connectivity index (χ2n) is 7.61. The minimum atomic E-state index is -0.104. The van der Waals surface area contributed by atoms with Gasteiger partial charge in [0.15, 0.2) is 0 Å². The van der Waals surface area contributed by atoms with Gasteiger partial charge >= 0.3 is 6.03 Å². The monoisotopic (exact) mass is 408 g/mol. The number of carbonyl (C=O) groups excluding carboxylic acids is 2. The Balaban J connectivity index is 0.00000280. The number of hydrogen-bond acceptors (Lipinski definition) is 3. The molecule has 0 saturated carbocycles. The van der Waals surface area contributed by atoms with E-state index in [9.17, 15) is 9.59 Å². The lowest BCUT2D eigenvalue weighted by atomic mass is 9.96. The number of nitrogens with zero attached hydrogens (tertiary/aromatic N) is 3. The molecule has 156 valence electrons. The van der Waals surface area contributed by atoms with Crippen LogP contribution >= 0.6 is 12.4 Å². The smallest absolute Gasteiger partial charge is 0.320 e. The molecule has 0 aromatic heterocycles. The second kappa shape index (κ2) is 11.3. The third-order valence-corrected chi connectivity index (χ3v) is 5.64. The molecule has 1 atom stereocenters. The van der Waals surface area contributed by atoms with E-state index in [1.54, 1.807) is 0 Å². The molecule has 7 heteroatoms. The Labute approximate surface area is 174 Å². The van der Waals surface area contributed by atoms with E-state index in [4.69, 9.17) is 5.73 Å². The molecule has 2 aliphatic heterocycles. The summed E-state index contributed by atoms with van der Waals surface area (Å²) in [5.41, 5.74) is 6.98. The van der Waals surface area contributed by atoms with Crippen molar-refractivity contribution in [3.05, 3.63) is 35.9 Å². The van der Waals surface area contributed by atoms with Crippen LogP contribution in [0.5, 0.6) is 0 Å². The number of rotatable bonds is 6. The van der Waals surface area contributed by atoms with E-state index in [1.807, 2.05) is 32.9 Å². The Bertz CT molecular complexity index is 622. The van der Waals surface area contributed by atoms with Gasteiger partial charge in [0.2, 0.25) is 5.91 Å². The van der Waals surface area contributed by atoms with E-state index < -0.39 is 0 Å². The van der Waals surface area contributed by atoms with Crippen molar-refractivity contribution in [2.24, 2.45) is 11.7 Å². The number of urea groups is 1. The van der Waals surface area contributed by atoms with Gasteiger partial charge in [0.1, 0.15) is 0 Å². The predicted molar refractivity (Wildman–Crippen MR) is 114 cm³/mol. The van der Waals surface area contributed by atoms with Gasteiger partial charge in [-0.3, -0.25) is 4.79 Å². The summed E-state index contributed by atoms with van der Waals surface area (Å²) < 4.78 is 0. The van der Waals surface area contributed by atoms with Crippen LogP contribution in [0.25, 0.3) is 0 Å². The highest BCUT2D eigenvalue weighted by Gasteiger charge is 2.33. The predicted octanol–water partition coefficient (Wildman–Crippen LogP) is 2.37. The number of piperidine rings is 1. The Morgan fingerprint density at radius 2 is 1.68 bits per heavy atom. The molecule has 3 amide bonds. The Morgan fingerprint density at radius 1 is 1.00 bits per heavy atom. The van der Waals surface area contributed by atoms with Crippen LogP contribution in [0.15, 0.2) is 30.3 Å². The summed E-state index contributed by atoms with van der Waals surface area (Å²) in [7, 11) is 0. The molecule has 0 spiro atoms. The van der Waals surface area contributed by atoms with Crippen molar-refractivity contribution in [2.75, 3.05) is 45.8 Å². The summed E-state index contributed by atoms with van der Waals surface area (Å²) >= 11 is 0. The van der Waals surface area contributed by atoms with Gasteiger partial charge in [-0.15, -0.1) is 12.4 Å². The first kappa shape index (κ1) is 22.5. The average molecular weight is 409 g/mol. The van der Waals surface area contributed by atoms with Crippen molar-refractivity contribution >= 4 is 24.3 Å². The normalized spacial score (nSPS) is 19.2. The Kier molecular flexibility index (Phi) is 9.06. The third kappa shape index (κ3) is 5.85. The lowest BCUT2D eigenvalue weighted by Crippen LogP contribution is -2.51. The number of halogens is 1. The van der Waals surface area contributed by atoms with Crippen molar-refractivity contribution in [2.45, 2.75) is 32.1 Å². The maximum Gasteiger partial charge on any atom is 0.320 e. The zero-order chi connectivity index (χ0) is 19.1. The summed E-state index contributed by atoms with van der Waals surface area (Å²) in [6.45, 7) is 4.72. The summed E-state index contributed by atoms with van der Waals surface area (Å²) in [6, 6.07) is 10.3. The highest BCUT2D eigenvalue weighted by Crippen LogP contribution is 2.21. The molecule has 6 nitrogen and oxygen atoms in total. The molecule has 1 aromatic rings. The van der Waals surface area contributed by atoms with Gasteiger partial charge in [-0.25, -0.2) is 4.79 Å². The topological polar surface area (TPSA) is 69.9 Å². The Morgan fingerprint density at radius 3 is 2.36 bits per heavy atom. The SMILES string of the molecule is Cl.NCCN(CCc1ccccc1)C(=O)C1CCCN(C(=O)N2CCCC2)C1. The van der Waals surface area contributed by atoms with Crippen molar-refractivity contribution in [1.29, 1.82) is 0 Å². The lowest BCUT2D eigenvalue weighted by Gasteiger charge is -2.36. The molecule has 28 heavy (non-hydrogen) atoms. The quantitative estimate of drug-likeness (QED) is 0.785. The molecular weight excluding hydrogens is 376 g/mol. The number of nitrogens with two attached hydrogens (primary N) is 1. The van der Waals surface area contributed by atoms with Gasteiger partial charge in [-0.1, -0.05) is 30.3 Å². The van der Waals surface area contributed by atoms with Crippen LogP contribution in [0.1, 0.15) is 31.2 Å². The first-order valence-electron chi connectivity index (χ1n) is 10.3. The van der Waals surface area contributed by atoms with Crippen LogP contribution in [0.4, 0.5) is 4.79 Å². The van der Waals surface area contributed by atoms with Crippen LogP contribution in [0.3, 0.4) is 0 Å². The molecule has 1 aromatic carbocycles. The first-order valence-corrected chi connectivity index (χ1v) is 10.3. The minimum absolute atomic E-state index is 0. The molecule has 0 radical (unpaired) electrons. The van der Waals surface area contributed by atoms with E-state index >= 15 is 0 Å². The fourth-order valence-electron chi connectivity index (χ4n) is 4.12. The lowest BCUT2D eigenvalue weighted by molar-refractivity contribution is -0.136. The average Bonchev–Trinajstić information content (AvgIpc) is 3.26. The molecule has 2 aliphatic rings. The molecule has 2 saturated heterocycles. The standard InChI is InChI=1S/C21H32N4O2.ClH/c22-11-16-23(15-10-18-7-2-1-3-8-18)20(26)19-9-6-14-25(17-19)21(27)24-12-4-5-13-24;/h1-3,7-8,19H,4-6,9-17,22H2;1H. The van der Waals surface area contributed by atoms with Crippen LogP contribution in [-0.2, 0) is 11.2 Å². The van der Waals surface area contributed by atoms with Crippen LogP contribution in [-0.4, -0.2) is 72.5 Å². The molecule has 3 rings (SSSR count). The number of likely N-dealkylation sites (tertiary alicyclic amines) is 2. The van der Waals surface area contributed by atoms with Crippen molar-refractivity contribution in [3.8, 4) is 0 Å².